The number of hydrogen-bond donors (Lipinski definition) is 2. The van der Waals surface area contributed by atoms with Gasteiger partial charge in [-0.05, 0) is 36.8 Å². The number of thioether (sulfide) groups is 1. The summed E-state index contributed by atoms with van der Waals surface area (Å²) in [6, 6.07) is 3.89. The number of carbonyl (C=O) groups is 1. The molecule has 1 fully saturated rings. The van der Waals surface area contributed by atoms with Crippen LogP contribution in [0.2, 0.25) is 0 Å². The third-order valence-corrected chi connectivity index (χ3v) is 4.40. The van der Waals surface area contributed by atoms with Crippen LogP contribution in [0.15, 0.2) is 18.2 Å². The number of benzene rings is 1. The highest BCUT2D eigenvalue weighted by Crippen LogP contribution is 2.25. The van der Waals surface area contributed by atoms with Crippen molar-refractivity contribution in [3.63, 3.8) is 0 Å². The third-order valence-electron chi connectivity index (χ3n) is 3.00. The molecule has 0 saturated carbocycles. The van der Waals surface area contributed by atoms with Gasteiger partial charge in [0.15, 0.2) is 0 Å². The van der Waals surface area contributed by atoms with E-state index in [0.717, 1.165) is 6.54 Å². The first-order valence-corrected chi connectivity index (χ1v) is 7.06. The first kappa shape index (κ1) is 13.4. The van der Waals surface area contributed by atoms with E-state index in [1.807, 2.05) is 11.8 Å². The summed E-state index contributed by atoms with van der Waals surface area (Å²) >= 11 is 1.94. The van der Waals surface area contributed by atoms with Crippen molar-refractivity contribution in [1.29, 1.82) is 0 Å². The van der Waals surface area contributed by atoms with Crippen molar-refractivity contribution < 1.29 is 14.3 Å². The molecule has 1 saturated heterocycles. The highest BCUT2D eigenvalue weighted by molar-refractivity contribution is 8.00. The number of carboxylic acids is 1. The molecule has 0 radical (unpaired) electrons. The molecule has 0 aliphatic carbocycles. The second-order valence-corrected chi connectivity index (χ2v) is 5.79. The molecule has 1 aromatic rings. The van der Waals surface area contributed by atoms with Crippen LogP contribution < -0.4 is 5.32 Å². The van der Waals surface area contributed by atoms with Crippen LogP contribution in [0.3, 0.4) is 0 Å². The van der Waals surface area contributed by atoms with Gasteiger partial charge in [0.05, 0.1) is 5.56 Å². The van der Waals surface area contributed by atoms with Gasteiger partial charge in [0.2, 0.25) is 0 Å². The van der Waals surface area contributed by atoms with Crippen molar-refractivity contribution in [3.8, 4) is 0 Å². The Balaban J connectivity index is 1.91. The summed E-state index contributed by atoms with van der Waals surface area (Å²) in [6.07, 6.45) is 2.45. The van der Waals surface area contributed by atoms with Crippen LogP contribution in [0.5, 0.6) is 0 Å². The molecule has 1 aliphatic rings. The van der Waals surface area contributed by atoms with Crippen LogP contribution in [0.1, 0.15) is 28.8 Å². The zero-order chi connectivity index (χ0) is 13.0. The maximum absolute atomic E-state index is 13.5. The van der Waals surface area contributed by atoms with E-state index in [9.17, 15) is 9.18 Å². The lowest BCUT2D eigenvalue weighted by Crippen LogP contribution is -2.23. The molecule has 18 heavy (non-hydrogen) atoms. The van der Waals surface area contributed by atoms with Crippen molar-refractivity contribution >= 4 is 17.7 Å². The third kappa shape index (κ3) is 3.46. The predicted molar refractivity (Wildman–Crippen MR) is 70.5 cm³/mol. The Kier molecular flexibility index (Phi) is 4.60. The van der Waals surface area contributed by atoms with Crippen molar-refractivity contribution in [2.24, 2.45) is 0 Å². The Hall–Kier alpha value is -1.07. The molecule has 3 nitrogen and oxygen atoms in total. The molecule has 1 atom stereocenters. The molecule has 0 amide bonds. The number of nitrogens with one attached hydrogen (secondary N) is 1. The van der Waals surface area contributed by atoms with Gasteiger partial charge < -0.3 is 10.4 Å². The average molecular weight is 269 g/mol. The maximum Gasteiger partial charge on any atom is 0.335 e. The van der Waals surface area contributed by atoms with Crippen molar-refractivity contribution in [2.45, 2.75) is 24.6 Å². The molecule has 2 rings (SSSR count). The smallest absolute Gasteiger partial charge is 0.335 e. The van der Waals surface area contributed by atoms with Gasteiger partial charge in [0, 0.05) is 23.9 Å². The van der Waals surface area contributed by atoms with Crippen LogP contribution in [0.25, 0.3) is 0 Å². The molecule has 0 aromatic heterocycles. The van der Waals surface area contributed by atoms with Crippen LogP contribution in [-0.2, 0) is 6.54 Å². The lowest BCUT2D eigenvalue weighted by molar-refractivity contribution is 0.0696. The van der Waals surface area contributed by atoms with Gasteiger partial charge >= 0.3 is 5.97 Å². The lowest BCUT2D eigenvalue weighted by Gasteiger charge is -2.11. The van der Waals surface area contributed by atoms with Gasteiger partial charge in [-0.1, -0.05) is 0 Å². The molecule has 1 heterocycles. The number of halogens is 1. The Bertz CT molecular complexity index is 433. The summed E-state index contributed by atoms with van der Waals surface area (Å²) in [5.41, 5.74) is 0.543. The Morgan fingerprint density at radius 2 is 2.39 bits per heavy atom. The Morgan fingerprint density at radius 3 is 3.06 bits per heavy atom. The van der Waals surface area contributed by atoms with E-state index in [1.54, 1.807) is 0 Å². The minimum Gasteiger partial charge on any atom is -0.478 e. The zero-order valence-electron chi connectivity index (χ0n) is 9.99. The Morgan fingerprint density at radius 1 is 1.56 bits per heavy atom. The molecular weight excluding hydrogens is 253 g/mol. The normalized spacial score (nSPS) is 19.1. The molecular formula is C13H16FNO2S. The minimum atomic E-state index is -1.03. The molecule has 0 spiro atoms. The minimum absolute atomic E-state index is 0.128. The molecule has 1 aromatic carbocycles. The number of carboxylic acid groups (broad SMARTS) is 1. The highest BCUT2D eigenvalue weighted by atomic mass is 32.2. The number of rotatable bonds is 5. The van der Waals surface area contributed by atoms with E-state index >= 15 is 0 Å². The fourth-order valence-corrected chi connectivity index (χ4v) is 3.25. The first-order valence-electron chi connectivity index (χ1n) is 6.01. The highest BCUT2D eigenvalue weighted by Gasteiger charge is 2.15. The zero-order valence-corrected chi connectivity index (χ0v) is 10.8. The summed E-state index contributed by atoms with van der Waals surface area (Å²) < 4.78 is 13.5. The van der Waals surface area contributed by atoms with Gasteiger partial charge in [0.25, 0.3) is 0 Å². The van der Waals surface area contributed by atoms with Gasteiger partial charge in [-0.15, -0.1) is 0 Å². The van der Waals surface area contributed by atoms with Crippen molar-refractivity contribution in [2.75, 3.05) is 12.3 Å². The molecule has 1 unspecified atom stereocenters. The van der Waals surface area contributed by atoms with E-state index in [4.69, 9.17) is 5.11 Å². The SMILES string of the molecule is O=C(O)c1ccc(F)c(CNCC2CCCS2)c1. The van der Waals surface area contributed by atoms with E-state index < -0.39 is 5.97 Å². The number of hydrogen-bond acceptors (Lipinski definition) is 3. The molecule has 98 valence electrons. The lowest BCUT2D eigenvalue weighted by atomic mass is 10.1. The fourth-order valence-electron chi connectivity index (χ4n) is 2.02. The molecule has 0 bridgehead atoms. The first-order chi connectivity index (χ1) is 8.66. The largest absolute Gasteiger partial charge is 0.478 e. The molecule has 5 heteroatoms. The molecule has 2 N–H and O–H groups in total. The quantitative estimate of drug-likeness (QED) is 0.862. The fraction of sp³-hybridized carbons (Fsp3) is 0.462. The van der Waals surface area contributed by atoms with Crippen LogP contribution >= 0.6 is 11.8 Å². The second-order valence-electron chi connectivity index (χ2n) is 4.38. The predicted octanol–water partition coefficient (Wildman–Crippen LogP) is 2.51. The second kappa shape index (κ2) is 6.20. The van der Waals surface area contributed by atoms with Crippen LogP contribution in [0.4, 0.5) is 4.39 Å². The van der Waals surface area contributed by atoms with E-state index in [-0.39, 0.29) is 11.4 Å². The summed E-state index contributed by atoms with van der Waals surface area (Å²) in [4.78, 5) is 10.8. The standard InChI is InChI=1S/C13H16FNO2S/c14-12-4-3-9(13(16)17)6-10(12)7-15-8-11-2-1-5-18-11/h3-4,6,11,15H,1-2,5,7-8H2,(H,16,17). The summed E-state index contributed by atoms with van der Waals surface area (Å²) in [6.45, 7) is 1.23. The van der Waals surface area contributed by atoms with Crippen molar-refractivity contribution in [3.05, 3.63) is 35.1 Å². The van der Waals surface area contributed by atoms with E-state index in [2.05, 4.69) is 5.32 Å². The van der Waals surface area contributed by atoms with Gasteiger partial charge in [-0.25, -0.2) is 9.18 Å². The van der Waals surface area contributed by atoms with Gasteiger partial charge in [-0.3, -0.25) is 0 Å². The van der Waals surface area contributed by atoms with Gasteiger partial charge in [-0.2, -0.15) is 11.8 Å². The Labute approximate surface area is 110 Å². The van der Waals surface area contributed by atoms with Crippen LogP contribution in [-0.4, -0.2) is 28.6 Å². The van der Waals surface area contributed by atoms with Crippen molar-refractivity contribution in [1.82, 2.24) is 5.32 Å². The summed E-state index contributed by atoms with van der Waals surface area (Å²) in [5.74, 6) is -0.177. The molecule has 1 aliphatic heterocycles. The van der Waals surface area contributed by atoms with E-state index in [1.165, 1.54) is 36.8 Å². The summed E-state index contributed by atoms with van der Waals surface area (Å²) in [7, 11) is 0. The van der Waals surface area contributed by atoms with Gasteiger partial charge in [0.1, 0.15) is 5.82 Å². The number of aromatic carboxylic acids is 1. The van der Waals surface area contributed by atoms with Crippen LogP contribution in [0, 0.1) is 5.82 Å². The average Bonchev–Trinajstić information content (AvgIpc) is 2.84. The monoisotopic (exact) mass is 269 g/mol. The van der Waals surface area contributed by atoms with E-state index in [0.29, 0.717) is 17.4 Å². The topological polar surface area (TPSA) is 49.3 Å². The summed E-state index contributed by atoms with van der Waals surface area (Å²) in [5, 5.41) is 12.7. The maximum atomic E-state index is 13.5.